The van der Waals surface area contributed by atoms with Crippen molar-refractivity contribution in [2.75, 3.05) is 26.2 Å². The Hall–Kier alpha value is -2.70. The molecule has 0 spiro atoms. The number of hydrogen-bond donors (Lipinski definition) is 0. The molecule has 1 aliphatic heterocycles. The molecule has 1 aromatic carbocycles. The van der Waals surface area contributed by atoms with Crippen molar-refractivity contribution in [1.29, 1.82) is 0 Å². The fourth-order valence-electron chi connectivity index (χ4n) is 3.17. The third kappa shape index (κ3) is 4.40. The molecule has 0 saturated carbocycles. The molecule has 1 aliphatic rings. The Kier molecular flexibility index (Phi) is 5.69. The second-order valence-corrected chi connectivity index (χ2v) is 7.04. The first-order valence-corrected chi connectivity index (χ1v) is 9.57. The summed E-state index contributed by atoms with van der Waals surface area (Å²) in [5.74, 6) is 2.34. The van der Waals surface area contributed by atoms with Crippen molar-refractivity contribution in [2.45, 2.75) is 13.2 Å². The average molecular weight is 401 g/mol. The van der Waals surface area contributed by atoms with E-state index in [9.17, 15) is 4.79 Å². The fourth-order valence-corrected chi connectivity index (χ4v) is 3.36. The molecule has 0 atom stereocenters. The van der Waals surface area contributed by atoms with Crippen LogP contribution in [0.3, 0.4) is 0 Å². The lowest BCUT2D eigenvalue weighted by atomic mass is 10.2. The van der Waals surface area contributed by atoms with E-state index < -0.39 is 0 Å². The van der Waals surface area contributed by atoms with Gasteiger partial charge in [0.05, 0.1) is 17.8 Å². The molecular formula is C21H21ClN2O4. The number of halogens is 1. The van der Waals surface area contributed by atoms with E-state index in [-0.39, 0.29) is 12.5 Å². The zero-order valence-corrected chi connectivity index (χ0v) is 16.1. The van der Waals surface area contributed by atoms with Crippen molar-refractivity contribution >= 4 is 17.5 Å². The highest BCUT2D eigenvalue weighted by molar-refractivity contribution is 6.32. The van der Waals surface area contributed by atoms with E-state index in [1.54, 1.807) is 30.5 Å². The molecule has 0 unspecified atom stereocenters. The van der Waals surface area contributed by atoms with E-state index in [2.05, 4.69) is 4.90 Å². The van der Waals surface area contributed by atoms with E-state index in [0.29, 0.717) is 35.4 Å². The van der Waals surface area contributed by atoms with Gasteiger partial charge >= 0.3 is 0 Å². The molecule has 7 heteroatoms. The Morgan fingerprint density at radius 2 is 1.82 bits per heavy atom. The molecule has 0 radical (unpaired) electrons. The smallest absolute Gasteiger partial charge is 0.289 e. The predicted molar refractivity (Wildman–Crippen MR) is 104 cm³/mol. The molecule has 0 bridgehead atoms. The molecule has 0 N–H and O–H groups in total. The summed E-state index contributed by atoms with van der Waals surface area (Å²) in [5, 5.41) is 0.540. The SMILES string of the molecule is O=C(c1ccc(COc2ccccc2Cl)o1)N1CCN(Cc2ccco2)CC1. The van der Waals surface area contributed by atoms with Crippen molar-refractivity contribution in [3.05, 3.63) is 77.1 Å². The van der Waals surface area contributed by atoms with Crippen LogP contribution in [0.25, 0.3) is 0 Å². The topological polar surface area (TPSA) is 59.1 Å². The molecule has 28 heavy (non-hydrogen) atoms. The number of carbonyl (C=O) groups is 1. The van der Waals surface area contributed by atoms with Crippen LogP contribution in [0.2, 0.25) is 5.02 Å². The number of amides is 1. The van der Waals surface area contributed by atoms with Crippen LogP contribution < -0.4 is 4.74 Å². The lowest BCUT2D eigenvalue weighted by Crippen LogP contribution is -2.48. The summed E-state index contributed by atoms with van der Waals surface area (Å²) in [6.45, 7) is 3.90. The van der Waals surface area contributed by atoms with Crippen molar-refractivity contribution in [3.8, 4) is 5.75 Å². The first-order chi connectivity index (χ1) is 13.7. The minimum Gasteiger partial charge on any atom is -0.484 e. The third-order valence-electron chi connectivity index (χ3n) is 4.70. The van der Waals surface area contributed by atoms with E-state index in [1.165, 1.54) is 0 Å². The lowest BCUT2D eigenvalue weighted by Gasteiger charge is -2.33. The van der Waals surface area contributed by atoms with Crippen LogP contribution in [-0.4, -0.2) is 41.9 Å². The second-order valence-electron chi connectivity index (χ2n) is 6.63. The molecule has 4 rings (SSSR count). The highest BCUT2D eigenvalue weighted by Crippen LogP contribution is 2.24. The Labute approximate surface area is 168 Å². The van der Waals surface area contributed by atoms with Gasteiger partial charge in [-0.3, -0.25) is 9.69 Å². The third-order valence-corrected chi connectivity index (χ3v) is 5.01. The van der Waals surface area contributed by atoms with Gasteiger partial charge in [-0.25, -0.2) is 0 Å². The number of para-hydroxylation sites is 1. The molecule has 2 aromatic heterocycles. The number of hydrogen-bond acceptors (Lipinski definition) is 5. The van der Waals surface area contributed by atoms with E-state index in [0.717, 1.165) is 25.4 Å². The number of furan rings is 2. The summed E-state index contributed by atoms with van der Waals surface area (Å²) in [7, 11) is 0. The minimum absolute atomic E-state index is 0.0957. The van der Waals surface area contributed by atoms with Crippen LogP contribution in [0.4, 0.5) is 0 Å². The summed E-state index contributed by atoms with van der Waals surface area (Å²) in [4.78, 5) is 16.8. The highest BCUT2D eigenvalue weighted by atomic mass is 35.5. The summed E-state index contributed by atoms with van der Waals surface area (Å²) < 4.78 is 16.7. The number of carbonyl (C=O) groups excluding carboxylic acids is 1. The normalized spacial score (nSPS) is 15.0. The number of ether oxygens (including phenoxy) is 1. The van der Waals surface area contributed by atoms with Crippen LogP contribution in [-0.2, 0) is 13.2 Å². The van der Waals surface area contributed by atoms with Gasteiger partial charge in [0.15, 0.2) is 5.76 Å². The maximum atomic E-state index is 12.7. The van der Waals surface area contributed by atoms with Crippen molar-refractivity contribution in [2.24, 2.45) is 0 Å². The Balaban J connectivity index is 1.29. The fraction of sp³-hybridized carbons (Fsp3) is 0.286. The maximum absolute atomic E-state index is 12.7. The molecule has 6 nitrogen and oxygen atoms in total. The molecule has 3 heterocycles. The van der Waals surface area contributed by atoms with Crippen molar-refractivity contribution in [3.63, 3.8) is 0 Å². The molecule has 1 amide bonds. The van der Waals surface area contributed by atoms with Crippen molar-refractivity contribution in [1.82, 2.24) is 9.80 Å². The molecular weight excluding hydrogens is 380 g/mol. The maximum Gasteiger partial charge on any atom is 0.289 e. The minimum atomic E-state index is -0.0957. The summed E-state index contributed by atoms with van der Waals surface area (Å²) in [6, 6.07) is 14.6. The zero-order chi connectivity index (χ0) is 19.3. The van der Waals surface area contributed by atoms with Gasteiger partial charge in [-0.2, -0.15) is 0 Å². The van der Waals surface area contributed by atoms with Gasteiger partial charge in [-0.1, -0.05) is 23.7 Å². The monoisotopic (exact) mass is 400 g/mol. The van der Waals surface area contributed by atoms with Crippen molar-refractivity contribution < 1.29 is 18.4 Å². The predicted octanol–water partition coefficient (Wildman–Crippen LogP) is 4.06. The van der Waals surface area contributed by atoms with E-state index >= 15 is 0 Å². The van der Waals surface area contributed by atoms with Gasteiger partial charge in [0, 0.05) is 26.2 Å². The van der Waals surface area contributed by atoms with Gasteiger partial charge in [-0.05, 0) is 36.4 Å². The number of piperazine rings is 1. The number of benzene rings is 1. The molecule has 1 fully saturated rings. The number of nitrogens with zero attached hydrogens (tertiary/aromatic N) is 2. The van der Waals surface area contributed by atoms with Crippen LogP contribution in [0.5, 0.6) is 5.75 Å². The first-order valence-electron chi connectivity index (χ1n) is 9.19. The molecule has 0 aliphatic carbocycles. The largest absolute Gasteiger partial charge is 0.484 e. The molecule has 1 saturated heterocycles. The van der Waals surface area contributed by atoms with Gasteiger partial charge in [0.1, 0.15) is 23.9 Å². The standard InChI is InChI=1S/C21H21ClN2O4/c22-18-5-1-2-6-19(18)27-15-17-7-8-20(28-17)21(25)24-11-9-23(10-12-24)14-16-4-3-13-26-16/h1-8,13H,9-12,14-15H2. The number of rotatable bonds is 6. The molecule has 146 valence electrons. The van der Waals surface area contributed by atoms with Crippen LogP contribution in [0.1, 0.15) is 22.1 Å². The van der Waals surface area contributed by atoms with Gasteiger partial charge in [0.2, 0.25) is 0 Å². The average Bonchev–Trinajstić information content (AvgIpc) is 3.39. The lowest BCUT2D eigenvalue weighted by molar-refractivity contribution is 0.0586. The quantitative estimate of drug-likeness (QED) is 0.624. The summed E-state index contributed by atoms with van der Waals surface area (Å²) in [5.41, 5.74) is 0. The van der Waals surface area contributed by atoms with Crippen LogP contribution in [0, 0.1) is 0 Å². The summed E-state index contributed by atoms with van der Waals surface area (Å²) >= 11 is 6.08. The van der Waals surface area contributed by atoms with Crippen LogP contribution >= 0.6 is 11.6 Å². The summed E-state index contributed by atoms with van der Waals surface area (Å²) in [6.07, 6.45) is 1.68. The first kappa shape index (κ1) is 18.7. The second kappa shape index (κ2) is 8.54. The van der Waals surface area contributed by atoms with Crippen LogP contribution in [0.15, 0.2) is 63.6 Å². The van der Waals surface area contributed by atoms with E-state index in [4.69, 9.17) is 25.2 Å². The zero-order valence-electron chi connectivity index (χ0n) is 15.3. The Morgan fingerprint density at radius 1 is 1.00 bits per heavy atom. The Morgan fingerprint density at radius 3 is 2.57 bits per heavy atom. The van der Waals surface area contributed by atoms with Gasteiger partial charge < -0.3 is 18.5 Å². The van der Waals surface area contributed by atoms with Gasteiger partial charge in [-0.15, -0.1) is 0 Å². The molecule has 3 aromatic rings. The highest BCUT2D eigenvalue weighted by Gasteiger charge is 2.24. The Bertz CT molecular complexity index is 914. The van der Waals surface area contributed by atoms with E-state index in [1.807, 2.05) is 29.2 Å². The van der Waals surface area contributed by atoms with Gasteiger partial charge in [0.25, 0.3) is 5.91 Å².